The number of ether oxygens (including phenoxy) is 1. The van der Waals surface area contributed by atoms with E-state index >= 15 is 0 Å². The predicted octanol–water partition coefficient (Wildman–Crippen LogP) is 1.38. The van der Waals surface area contributed by atoms with E-state index in [0.717, 1.165) is 0 Å². The molecule has 0 spiro atoms. The van der Waals surface area contributed by atoms with Gasteiger partial charge < -0.3 is 15.6 Å². The van der Waals surface area contributed by atoms with Gasteiger partial charge in [-0.05, 0) is 34.1 Å². The van der Waals surface area contributed by atoms with Gasteiger partial charge in [-0.2, -0.15) is 9.78 Å². The Kier molecular flexibility index (Phi) is 5.26. The number of benzene rings is 2. The van der Waals surface area contributed by atoms with Crippen molar-refractivity contribution in [1.82, 2.24) is 30.7 Å². The lowest BCUT2D eigenvalue weighted by Crippen LogP contribution is -2.19. The lowest BCUT2D eigenvalue weighted by atomic mass is 10.1. The largest absolute Gasteiger partial charge is 0.504 e. The average molecular weight is 420 g/mol. The van der Waals surface area contributed by atoms with Gasteiger partial charge in [0.15, 0.2) is 17.2 Å². The first-order valence-corrected chi connectivity index (χ1v) is 8.88. The highest BCUT2D eigenvalue weighted by Gasteiger charge is 2.24. The number of aromatic hydroxyl groups is 1. The molecule has 0 fully saturated rings. The van der Waals surface area contributed by atoms with Crippen LogP contribution in [0.1, 0.15) is 16.1 Å². The van der Waals surface area contributed by atoms with Gasteiger partial charge in [0.2, 0.25) is 11.6 Å². The van der Waals surface area contributed by atoms with Gasteiger partial charge >= 0.3 is 0 Å². The first-order chi connectivity index (χ1) is 15.1. The highest BCUT2D eigenvalue weighted by atomic mass is 16.6. The number of anilines is 1. The molecule has 0 saturated carbocycles. The molecule has 4 N–H and O–H groups in total. The Labute approximate surface area is 174 Å². The molecule has 31 heavy (non-hydrogen) atoms. The number of carbonyl (C=O) groups excluding carboxylic acids is 1. The minimum Gasteiger partial charge on any atom is -0.504 e. The molecule has 1 amide bonds. The van der Waals surface area contributed by atoms with Crippen LogP contribution in [0.15, 0.2) is 58.3 Å². The van der Waals surface area contributed by atoms with Gasteiger partial charge in [0, 0.05) is 5.56 Å². The number of hydrazone groups is 1. The van der Waals surface area contributed by atoms with E-state index in [1.807, 2.05) is 6.07 Å². The second-order valence-corrected chi connectivity index (χ2v) is 6.17. The van der Waals surface area contributed by atoms with Gasteiger partial charge in [0.1, 0.15) is 5.69 Å². The smallest absolute Gasteiger partial charge is 0.294 e. The first-order valence-electron chi connectivity index (χ1n) is 8.88. The van der Waals surface area contributed by atoms with E-state index < -0.39 is 5.91 Å². The molecule has 0 aliphatic heterocycles. The van der Waals surface area contributed by atoms with Crippen LogP contribution in [0.3, 0.4) is 0 Å². The van der Waals surface area contributed by atoms with E-state index in [9.17, 15) is 9.90 Å². The van der Waals surface area contributed by atoms with Crippen molar-refractivity contribution in [3.63, 3.8) is 0 Å². The highest BCUT2D eigenvalue weighted by molar-refractivity contribution is 5.98. The second-order valence-electron chi connectivity index (χ2n) is 6.17. The van der Waals surface area contributed by atoms with Crippen LogP contribution in [0.2, 0.25) is 0 Å². The van der Waals surface area contributed by atoms with Gasteiger partial charge in [-0.1, -0.05) is 35.5 Å². The molecule has 2 heterocycles. The average Bonchev–Trinajstić information content (AvgIpc) is 3.41. The van der Waals surface area contributed by atoms with E-state index in [4.69, 9.17) is 10.5 Å². The summed E-state index contributed by atoms with van der Waals surface area (Å²) < 4.78 is 11.0. The fourth-order valence-electron chi connectivity index (χ4n) is 2.77. The summed E-state index contributed by atoms with van der Waals surface area (Å²) in [4.78, 5) is 12.8. The second kappa shape index (κ2) is 8.32. The van der Waals surface area contributed by atoms with Crippen molar-refractivity contribution < 1.29 is 19.3 Å². The van der Waals surface area contributed by atoms with Gasteiger partial charge in [0.25, 0.3) is 5.91 Å². The van der Waals surface area contributed by atoms with E-state index in [1.54, 1.807) is 36.4 Å². The summed E-state index contributed by atoms with van der Waals surface area (Å²) in [6.07, 6.45) is 1.39. The minimum atomic E-state index is -0.609. The maximum absolute atomic E-state index is 12.8. The van der Waals surface area contributed by atoms with E-state index in [0.29, 0.717) is 16.8 Å². The molecular weight excluding hydrogens is 404 g/mol. The molecule has 0 atom stereocenters. The molecule has 0 bridgehead atoms. The number of phenolic OH excluding ortho intramolecular Hbond substituents is 1. The number of aromatic nitrogens is 5. The third-order valence-electron chi connectivity index (χ3n) is 4.21. The van der Waals surface area contributed by atoms with Crippen LogP contribution in [-0.2, 0) is 0 Å². The van der Waals surface area contributed by atoms with Gasteiger partial charge in [0.05, 0.1) is 13.3 Å². The molecule has 0 saturated heterocycles. The SMILES string of the molecule is COc1cc(/C=N\NC(=O)c2nnn(-c3nonc3N)c2-c2ccccc2)ccc1O. The molecule has 0 unspecified atom stereocenters. The summed E-state index contributed by atoms with van der Waals surface area (Å²) in [6.45, 7) is 0. The number of amides is 1. The fourth-order valence-corrected chi connectivity index (χ4v) is 2.77. The Morgan fingerprint density at radius 3 is 2.77 bits per heavy atom. The predicted molar refractivity (Wildman–Crippen MR) is 109 cm³/mol. The minimum absolute atomic E-state index is 0.00517. The third kappa shape index (κ3) is 3.89. The number of nitrogens with two attached hydrogens (primary N) is 1. The molecule has 4 rings (SSSR count). The van der Waals surface area contributed by atoms with Gasteiger partial charge in [-0.15, -0.1) is 5.10 Å². The number of nitrogens with one attached hydrogen (secondary N) is 1. The summed E-state index contributed by atoms with van der Waals surface area (Å²) in [6, 6.07) is 13.6. The molecule has 0 radical (unpaired) electrons. The summed E-state index contributed by atoms with van der Waals surface area (Å²) in [7, 11) is 1.43. The molecule has 2 aromatic heterocycles. The number of methoxy groups -OCH3 is 1. The lowest BCUT2D eigenvalue weighted by Gasteiger charge is -2.05. The maximum Gasteiger partial charge on any atom is 0.294 e. The quantitative estimate of drug-likeness (QED) is 0.308. The van der Waals surface area contributed by atoms with Crippen LogP contribution in [0.5, 0.6) is 11.5 Å². The van der Waals surface area contributed by atoms with Crippen molar-refractivity contribution in [2.75, 3.05) is 12.8 Å². The molecule has 2 aromatic carbocycles. The van der Waals surface area contributed by atoms with Crippen LogP contribution in [0, 0.1) is 0 Å². The normalized spacial score (nSPS) is 11.0. The van der Waals surface area contributed by atoms with Crippen LogP contribution in [0.25, 0.3) is 17.1 Å². The zero-order chi connectivity index (χ0) is 21.8. The zero-order valence-corrected chi connectivity index (χ0v) is 16.1. The molecular formula is C19H16N8O4. The van der Waals surface area contributed by atoms with Crippen LogP contribution < -0.4 is 15.9 Å². The third-order valence-corrected chi connectivity index (χ3v) is 4.21. The van der Waals surface area contributed by atoms with Crippen molar-refractivity contribution in [1.29, 1.82) is 0 Å². The van der Waals surface area contributed by atoms with E-state index in [2.05, 4.69) is 35.8 Å². The number of hydrogen-bond donors (Lipinski definition) is 3. The number of carbonyl (C=O) groups is 1. The molecule has 0 aliphatic carbocycles. The number of hydrogen-bond acceptors (Lipinski definition) is 10. The van der Waals surface area contributed by atoms with Gasteiger partial charge in [-0.3, -0.25) is 4.79 Å². The summed E-state index contributed by atoms with van der Waals surface area (Å²) in [5.74, 6) is -0.238. The van der Waals surface area contributed by atoms with E-state index in [-0.39, 0.29) is 28.8 Å². The van der Waals surface area contributed by atoms with Crippen LogP contribution >= 0.6 is 0 Å². The lowest BCUT2D eigenvalue weighted by molar-refractivity contribution is 0.0950. The number of phenols is 1. The topological polar surface area (TPSA) is 167 Å². The molecule has 0 aliphatic rings. The molecule has 12 nitrogen and oxygen atoms in total. The molecule has 12 heteroatoms. The fraction of sp³-hybridized carbons (Fsp3) is 0.0526. The highest BCUT2D eigenvalue weighted by Crippen LogP contribution is 2.27. The summed E-state index contributed by atoms with van der Waals surface area (Å²) >= 11 is 0. The standard InChI is InChI=1S/C19H16N8O4/c1-30-14-9-11(7-8-13(14)28)10-21-23-19(29)15-16(12-5-3-2-4-6-12)27(26-22-15)18-17(20)24-31-25-18/h2-10,28H,1H3,(H2,20,24)(H,23,29)/b21-10-. The van der Waals surface area contributed by atoms with Crippen molar-refractivity contribution in [2.45, 2.75) is 0 Å². The maximum atomic E-state index is 12.8. The van der Waals surface area contributed by atoms with Crippen LogP contribution in [0.4, 0.5) is 5.82 Å². The number of rotatable bonds is 6. The van der Waals surface area contributed by atoms with Crippen molar-refractivity contribution in [3.05, 3.63) is 59.8 Å². The molecule has 4 aromatic rings. The van der Waals surface area contributed by atoms with Gasteiger partial charge in [-0.25, -0.2) is 10.1 Å². The van der Waals surface area contributed by atoms with Crippen molar-refractivity contribution in [3.8, 4) is 28.6 Å². The van der Waals surface area contributed by atoms with Crippen molar-refractivity contribution >= 4 is 17.9 Å². The first kappa shape index (κ1) is 19.6. The van der Waals surface area contributed by atoms with Crippen LogP contribution in [-0.4, -0.2) is 49.6 Å². The Morgan fingerprint density at radius 1 is 1.26 bits per heavy atom. The zero-order valence-electron chi connectivity index (χ0n) is 16.1. The van der Waals surface area contributed by atoms with E-state index in [1.165, 1.54) is 24.1 Å². The number of nitrogen functional groups attached to an aromatic ring is 1. The Hall–Kier alpha value is -4.74. The van der Waals surface area contributed by atoms with Crippen molar-refractivity contribution in [2.24, 2.45) is 5.10 Å². The monoisotopic (exact) mass is 420 g/mol. The number of nitrogens with zero attached hydrogens (tertiary/aromatic N) is 6. The Balaban J connectivity index is 1.64. The Bertz CT molecular complexity index is 1250. The summed E-state index contributed by atoms with van der Waals surface area (Å²) in [5, 5.41) is 28.8. The Morgan fingerprint density at radius 2 is 2.06 bits per heavy atom. The molecule has 156 valence electrons. The summed E-state index contributed by atoms with van der Waals surface area (Å²) in [5.41, 5.74) is 9.75.